The van der Waals surface area contributed by atoms with Gasteiger partial charge in [-0.05, 0) is 33.0 Å². The van der Waals surface area contributed by atoms with Gasteiger partial charge in [0.25, 0.3) is 11.7 Å². The third-order valence-corrected chi connectivity index (χ3v) is 4.49. The van der Waals surface area contributed by atoms with E-state index in [1.165, 1.54) is 6.07 Å². The predicted molar refractivity (Wildman–Crippen MR) is 78.3 cm³/mol. The van der Waals surface area contributed by atoms with Crippen LogP contribution < -0.4 is 10.2 Å². The zero-order valence-electron chi connectivity index (χ0n) is 12.3. The van der Waals surface area contributed by atoms with Gasteiger partial charge in [0.1, 0.15) is 5.82 Å². The number of carbonyl (C=O) groups excluding carboxylic acids is 2. The van der Waals surface area contributed by atoms with Gasteiger partial charge in [-0.15, -0.1) is 0 Å². The average molecular weight is 291 g/mol. The summed E-state index contributed by atoms with van der Waals surface area (Å²) in [4.78, 5) is 27.2. The highest BCUT2D eigenvalue weighted by atomic mass is 19.1. The molecule has 3 rings (SSSR count). The maximum Gasteiger partial charge on any atom is 0.296 e. The number of likely N-dealkylation sites (N-methyl/N-ethyl adjacent to an activating group) is 1. The van der Waals surface area contributed by atoms with E-state index in [1.54, 1.807) is 6.07 Å². The van der Waals surface area contributed by atoms with E-state index in [2.05, 4.69) is 31.1 Å². The van der Waals surface area contributed by atoms with Crippen molar-refractivity contribution in [3.8, 4) is 0 Å². The summed E-state index contributed by atoms with van der Waals surface area (Å²) in [5.41, 5.74) is 0.965. The molecule has 0 aromatic heterocycles. The summed E-state index contributed by atoms with van der Waals surface area (Å²) in [6, 6.07) is 3.34. The number of carbonyl (C=O) groups is 2. The molecule has 0 aliphatic carbocycles. The summed E-state index contributed by atoms with van der Waals surface area (Å²) in [6.07, 6.45) is 0. The molecule has 0 saturated carbocycles. The molecule has 2 aliphatic heterocycles. The fourth-order valence-electron chi connectivity index (χ4n) is 3.00. The number of anilines is 2. The molecule has 21 heavy (non-hydrogen) atoms. The van der Waals surface area contributed by atoms with Crippen LogP contribution in [-0.4, -0.2) is 48.8 Å². The van der Waals surface area contributed by atoms with Crippen LogP contribution in [0.1, 0.15) is 24.2 Å². The smallest absolute Gasteiger partial charge is 0.296 e. The number of fused-ring (bicyclic) bond motifs is 1. The first-order valence-electron chi connectivity index (χ1n) is 7.04. The SMILES string of the molecule is CC1CN(c2cc3c(cc2F)C(=O)C(=O)N3)CC(C)N1C. The van der Waals surface area contributed by atoms with Crippen LogP contribution in [0.25, 0.3) is 0 Å². The Morgan fingerprint density at radius 1 is 1.19 bits per heavy atom. The summed E-state index contributed by atoms with van der Waals surface area (Å²) in [5, 5.41) is 2.49. The van der Waals surface area contributed by atoms with Crippen molar-refractivity contribution < 1.29 is 14.0 Å². The highest BCUT2D eigenvalue weighted by Crippen LogP contribution is 2.32. The minimum absolute atomic E-state index is 0.122. The van der Waals surface area contributed by atoms with Gasteiger partial charge in [0.05, 0.1) is 16.9 Å². The number of ketones is 1. The molecule has 5 nitrogen and oxygen atoms in total. The number of Topliss-reactive ketones (excluding diaryl/α,β-unsaturated/α-hetero) is 1. The molecule has 0 bridgehead atoms. The molecule has 1 aromatic rings. The number of benzene rings is 1. The molecule has 6 heteroatoms. The fraction of sp³-hybridized carbons (Fsp3) is 0.467. The van der Waals surface area contributed by atoms with Crippen LogP contribution in [0.15, 0.2) is 12.1 Å². The van der Waals surface area contributed by atoms with Crippen molar-refractivity contribution in [2.24, 2.45) is 0 Å². The Kier molecular flexibility index (Phi) is 3.20. The second kappa shape index (κ2) is 4.80. The third-order valence-electron chi connectivity index (χ3n) is 4.49. The monoisotopic (exact) mass is 291 g/mol. The Labute approximate surface area is 122 Å². The van der Waals surface area contributed by atoms with Crippen molar-refractivity contribution in [3.05, 3.63) is 23.5 Å². The number of amides is 1. The van der Waals surface area contributed by atoms with Gasteiger partial charge in [0, 0.05) is 25.2 Å². The lowest BCUT2D eigenvalue weighted by Crippen LogP contribution is -2.55. The van der Waals surface area contributed by atoms with E-state index in [-0.39, 0.29) is 5.56 Å². The van der Waals surface area contributed by atoms with E-state index in [0.717, 1.165) is 0 Å². The molecule has 2 atom stereocenters. The first-order chi connectivity index (χ1) is 9.88. The number of nitrogens with zero attached hydrogens (tertiary/aromatic N) is 2. The third kappa shape index (κ3) is 2.19. The van der Waals surface area contributed by atoms with Crippen molar-refractivity contribution >= 4 is 23.1 Å². The maximum atomic E-state index is 14.3. The van der Waals surface area contributed by atoms with E-state index in [0.29, 0.717) is 36.5 Å². The second-order valence-corrected chi connectivity index (χ2v) is 5.90. The Balaban J connectivity index is 1.96. The molecular formula is C15H18FN3O2. The normalized spacial score (nSPS) is 26.0. The Bertz CT molecular complexity index is 620. The van der Waals surface area contributed by atoms with Gasteiger partial charge in [-0.25, -0.2) is 4.39 Å². The molecule has 1 saturated heterocycles. The van der Waals surface area contributed by atoms with Crippen LogP contribution in [0, 0.1) is 5.82 Å². The molecule has 0 radical (unpaired) electrons. The zero-order valence-corrected chi connectivity index (χ0v) is 12.3. The topological polar surface area (TPSA) is 52.7 Å². The lowest BCUT2D eigenvalue weighted by molar-refractivity contribution is -0.112. The minimum atomic E-state index is -0.693. The Morgan fingerprint density at radius 2 is 1.81 bits per heavy atom. The van der Waals surface area contributed by atoms with Crippen LogP contribution in [0.5, 0.6) is 0 Å². The highest BCUT2D eigenvalue weighted by molar-refractivity contribution is 6.51. The summed E-state index contributed by atoms with van der Waals surface area (Å²) in [6.45, 7) is 5.61. The van der Waals surface area contributed by atoms with Gasteiger partial charge >= 0.3 is 0 Å². The first kappa shape index (κ1) is 14.0. The minimum Gasteiger partial charge on any atom is -0.366 e. The lowest BCUT2D eigenvalue weighted by Gasteiger charge is -2.43. The van der Waals surface area contributed by atoms with Gasteiger partial charge in [0.2, 0.25) is 0 Å². The molecule has 112 valence electrons. The van der Waals surface area contributed by atoms with E-state index in [1.807, 2.05) is 4.90 Å². The average Bonchev–Trinajstić information content (AvgIpc) is 2.70. The zero-order chi connectivity index (χ0) is 15.3. The maximum absolute atomic E-state index is 14.3. The van der Waals surface area contributed by atoms with Crippen molar-refractivity contribution in [2.45, 2.75) is 25.9 Å². The van der Waals surface area contributed by atoms with Crippen LogP contribution in [-0.2, 0) is 4.79 Å². The standard InChI is InChI=1S/C15H18FN3O2/c1-8-6-19(7-9(2)18(8)3)13-5-12-10(4-11(13)16)14(20)15(21)17-12/h4-5,8-9H,6-7H2,1-3H3,(H,17,20,21). The van der Waals surface area contributed by atoms with Crippen molar-refractivity contribution in [3.63, 3.8) is 0 Å². The molecule has 1 amide bonds. The largest absolute Gasteiger partial charge is 0.366 e. The molecular weight excluding hydrogens is 273 g/mol. The van der Waals surface area contributed by atoms with E-state index < -0.39 is 17.5 Å². The highest BCUT2D eigenvalue weighted by Gasteiger charge is 2.32. The fourth-order valence-corrected chi connectivity index (χ4v) is 3.00. The summed E-state index contributed by atoms with van der Waals surface area (Å²) >= 11 is 0. The molecule has 2 heterocycles. The van der Waals surface area contributed by atoms with E-state index in [9.17, 15) is 14.0 Å². The Hall–Kier alpha value is -1.95. The number of hydrogen-bond acceptors (Lipinski definition) is 4. The van der Waals surface area contributed by atoms with Crippen LogP contribution in [0.3, 0.4) is 0 Å². The lowest BCUT2D eigenvalue weighted by atomic mass is 10.1. The number of rotatable bonds is 1. The molecule has 1 aromatic carbocycles. The van der Waals surface area contributed by atoms with Crippen molar-refractivity contribution in [1.82, 2.24) is 4.90 Å². The molecule has 1 fully saturated rings. The van der Waals surface area contributed by atoms with Gasteiger partial charge in [0.15, 0.2) is 0 Å². The molecule has 0 spiro atoms. The van der Waals surface area contributed by atoms with Crippen molar-refractivity contribution in [2.75, 3.05) is 30.4 Å². The second-order valence-electron chi connectivity index (χ2n) is 5.90. The van der Waals surface area contributed by atoms with E-state index >= 15 is 0 Å². The van der Waals surface area contributed by atoms with Crippen LogP contribution in [0.2, 0.25) is 0 Å². The number of hydrogen-bond donors (Lipinski definition) is 1. The first-order valence-corrected chi connectivity index (χ1v) is 7.04. The van der Waals surface area contributed by atoms with Gasteiger partial charge in [-0.1, -0.05) is 0 Å². The van der Waals surface area contributed by atoms with Gasteiger partial charge in [-0.3, -0.25) is 14.5 Å². The van der Waals surface area contributed by atoms with Crippen molar-refractivity contribution in [1.29, 1.82) is 0 Å². The number of nitrogens with one attached hydrogen (secondary N) is 1. The summed E-state index contributed by atoms with van der Waals surface area (Å²) in [7, 11) is 2.06. The number of halogens is 1. The summed E-state index contributed by atoms with van der Waals surface area (Å²) < 4.78 is 14.3. The quantitative estimate of drug-likeness (QED) is 0.797. The molecule has 2 unspecified atom stereocenters. The summed E-state index contributed by atoms with van der Waals surface area (Å²) in [5.74, 6) is -1.82. The van der Waals surface area contributed by atoms with Crippen LogP contribution >= 0.6 is 0 Å². The predicted octanol–water partition coefficient (Wildman–Crippen LogP) is 1.49. The Morgan fingerprint density at radius 3 is 2.43 bits per heavy atom. The number of piperazine rings is 1. The van der Waals surface area contributed by atoms with Crippen LogP contribution in [0.4, 0.5) is 15.8 Å². The van der Waals surface area contributed by atoms with E-state index in [4.69, 9.17) is 0 Å². The molecule has 2 aliphatic rings. The van der Waals surface area contributed by atoms with Gasteiger partial charge in [-0.2, -0.15) is 0 Å². The van der Waals surface area contributed by atoms with Gasteiger partial charge < -0.3 is 10.2 Å². The molecule has 1 N–H and O–H groups in total.